The van der Waals surface area contributed by atoms with E-state index in [2.05, 4.69) is 10.1 Å². The second-order valence-electron chi connectivity index (χ2n) is 6.22. The normalized spacial score (nSPS) is 13.8. The van der Waals surface area contributed by atoms with Crippen LogP contribution < -0.4 is 9.64 Å². The van der Waals surface area contributed by atoms with E-state index in [-0.39, 0.29) is 5.91 Å². The number of amides is 1. The molecule has 0 saturated carbocycles. The van der Waals surface area contributed by atoms with Crippen LogP contribution in [-0.4, -0.2) is 34.3 Å². The van der Waals surface area contributed by atoms with Gasteiger partial charge in [-0.2, -0.15) is 5.10 Å². The highest BCUT2D eigenvalue weighted by molar-refractivity contribution is 6.05. The molecule has 0 fully saturated rings. The van der Waals surface area contributed by atoms with Gasteiger partial charge in [-0.15, -0.1) is 0 Å². The minimum Gasteiger partial charge on any atom is -0.496 e. The summed E-state index contributed by atoms with van der Waals surface area (Å²) in [5, 5.41) is 4.22. The highest BCUT2D eigenvalue weighted by Crippen LogP contribution is 2.34. The van der Waals surface area contributed by atoms with Gasteiger partial charge < -0.3 is 9.64 Å². The Morgan fingerprint density at radius 3 is 2.88 bits per heavy atom. The fourth-order valence-corrected chi connectivity index (χ4v) is 3.39. The number of carbonyl (C=O) groups is 1. The molecule has 3 aromatic rings. The number of benzene rings is 1. The summed E-state index contributed by atoms with van der Waals surface area (Å²) in [5.74, 6) is 0.732. The molecule has 132 valence electrons. The van der Waals surface area contributed by atoms with Crippen LogP contribution in [-0.2, 0) is 6.42 Å². The van der Waals surface area contributed by atoms with Gasteiger partial charge in [0.2, 0.25) is 0 Å². The SMILES string of the molecule is COc1cccc2c1CCCCN2C(=O)c1cc(-n2cccn2)ccn1. The Morgan fingerprint density at radius 1 is 1.15 bits per heavy atom. The lowest BCUT2D eigenvalue weighted by molar-refractivity contribution is 0.0982. The third-order valence-electron chi connectivity index (χ3n) is 4.65. The highest BCUT2D eigenvalue weighted by atomic mass is 16.5. The molecule has 1 amide bonds. The van der Waals surface area contributed by atoms with Gasteiger partial charge in [-0.1, -0.05) is 6.07 Å². The maximum absolute atomic E-state index is 13.2. The number of rotatable bonds is 3. The van der Waals surface area contributed by atoms with Gasteiger partial charge >= 0.3 is 0 Å². The molecule has 1 aromatic carbocycles. The number of pyridine rings is 1. The van der Waals surface area contributed by atoms with Crippen LogP contribution in [0.2, 0.25) is 0 Å². The molecule has 0 saturated heterocycles. The van der Waals surface area contributed by atoms with Gasteiger partial charge in [-0.05, 0) is 49.6 Å². The molecular formula is C20H20N4O2. The zero-order chi connectivity index (χ0) is 17.9. The smallest absolute Gasteiger partial charge is 0.276 e. The molecule has 26 heavy (non-hydrogen) atoms. The van der Waals surface area contributed by atoms with Crippen molar-refractivity contribution in [3.05, 3.63) is 66.2 Å². The van der Waals surface area contributed by atoms with Gasteiger partial charge in [0.15, 0.2) is 0 Å². The minimum absolute atomic E-state index is 0.101. The average molecular weight is 348 g/mol. The van der Waals surface area contributed by atoms with Crippen LogP contribution in [0.15, 0.2) is 55.0 Å². The summed E-state index contributed by atoms with van der Waals surface area (Å²) in [6.45, 7) is 0.673. The van der Waals surface area contributed by atoms with E-state index in [1.165, 1.54) is 0 Å². The molecule has 0 spiro atoms. The first-order valence-corrected chi connectivity index (χ1v) is 8.72. The van der Waals surface area contributed by atoms with Crippen LogP contribution in [0, 0.1) is 0 Å². The quantitative estimate of drug-likeness (QED) is 0.729. The maximum Gasteiger partial charge on any atom is 0.276 e. The van der Waals surface area contributed by atoms with E-state index >= 15 is 0 Å². The van der Waals surface area contributed by atoms with Crippen molar-refractivity contribution in [1.82, 2.24) is 14.8 Å². The molecule has 2 aromatic heterocycles. The third kappa shape index (κ3) is 2.94. The van der Waals surface area contributed by atoms with Crippen molar-refractivity contribution in [1.29, 1.82) is 0 Å². The largest absolute Gasteiger partial charge is 0.496 e. The number of anilines is 1. The zero-order valence-corrected chi connectivity index (χ0v) is 14.6. The summed E-state index contributed by atoms with van der Waals surface area (Å²) < 4.78 is 7.22. The van der Waals surface area contributed by atoms with E-state index in [9.17, 15) is 4.79 Å². The fourth-order valence-electron chi connectivity index (χ4n) is 3.39. The fraction of sp³-hybridized carbons (Fsp3) is 0.250. The molecule has 6 heteroatoms. The summed E-state index contributed by atoms with van der Waals surface area (Å²) in [6.07, 6.45) is 8.08. The van der Waals surface area contributed by atoms with E-state index in [1.54, 1.807) is 30.3 Å². The molecule has 0 radical (unpaired) electrons. The second kappa shape index (κ2) is 7.00. The molecule has 4 rings (SSSR count). The Balaban J connectivity index is 1.72. The van der Waals surface area contributed by atoms with E-state index in [4.69, 9.17) is 4.74 Å². The Labute approximate surface area is 152 Å². The molecule has 3 heterocycles. The van der Waals surface area contributed by atoms with Crippen molar-refractivity contribution in [2.45, 2.75) is 19.3 Å². The van der Waals surface area contributed by atoms with E-state index in [1.807, 2.05) is 41.4 Å². The Hall–Kier alpha value is -3.15. The molecule has 0 N–H and O–H groups in total. The predicted octanol–water partition coefficient (Wildman–Crippen LogP) is 3.26. The Kier molecular flexibility index (Phi) is 4.39. The number of carbonyl (C=O) groups excluding carboxylic acids is 1. The molecule has 0 unspecified atom stereocenters. The molecule has 1 aliphatic rings. The number of ether oxygens (including phenoxy) is 1. The van der Waals surface area contributed by atoms with Crippen molar-refractivity contribution >= 4 is 11.6 Å². The topological polar surface area (TPSA) is 60.2 Å². The van der Waals surface area contributed by atoms with Crippen LogP contribution in [0.1, 0.15) is 28.9 Å². The lowest BCUT2D eigenvalue weighted by atomic mass is 10.1. The van der Waals surface area contributed by atoms with Gasteiger partial charge in [0.05, 0.1) is 18.5 Å². The Morgan fingerprint density at radius 2 is 2.08 bits per heavy atom. The van der Waals surface area contributed by atoms with Crippen molar-refractivity contribution in [3.8, 4) is 11.4 Å². The second-order valence-corrected chi connectivity index (χ2v) is 6.22. The van der Waals surface area contributed by atoms with Crippen molar-refractivity contribution in [2.75, 3.05) is 18.6 Å². The number of aromatic nitrogens is 3. The van der Waals surface area contributed by atoms with Crippen molar-refractivity contribution < 1.29 is 9.53 Å². The first-order valence-electron chi connectivity index (χ1n) is 8.72. The Bertz CT molecular complexity index is 921. The number of hydrogen-bond donors (Lipinski definition) is 0. The summed E-state index contributed by atoms with van der Waals surface area (Å²) in [6, 6.07) is 11.3. The molecule has 0 aliphatic carbocycles. The van der Waals surface area contributed by atoms with Gasteiger partial charge in [-0.25, -0.2) is 4.68 Å². The van der Waals surface area contributed by atoms with E-state index in [0.717, 1.165) is 42.0 Å². The minimum atomic E-state index is -0.101. The summed E-state index contributed by atoms with van der Waals surface area (Å²) >= 11 is 0. The standard InChI is InChI=1S/C20H20N4O2/c1-26-19-8-4-7-18-16(19)6-2-3-12-23(18)20(25)17-14-15(9-11-21-17)24-13-5-10-22-24/h4-5,7-11,13-14H,2-3,6,12H2,1H3. The summed E-state index contributed by atoms with van der Waals surface area (Å²) in [7, 11) is 1.67. The monoisotopic (exact) mass is 348 g/mol. The van der Waals surface area contributed by atoms with Crippen molar-refractivity contribution in [3.63, 3.8) is 0 Å². The van der Waals surface area contributed by atoms with Gasteiger partial charge in [-0.3, -0.25) is 9.78 Å². The number of methoxy groups -OCH3 is 1. The lowest BCUT2D eigenvalue weighted by Crippen LogP contribution is -2.32. The van der Waals surface area contributed by atoms with Crippen LogP contribution in [0.4, 0.5) is 5.69 Å². The first-order chi connectivity index (χ1) is 12.8. The zero-order valence-electron chi connectivity index (χ0n) is 14.6. The predicted molar refractivity (Wildman–Crippen MR) is 99.0 cm³/mol. The van der Waals surface area contributed by atoms with Crippen LogP contribution in [0.25, 0.3) is 5.69 Å². The maximum atomic E-state index is 13.2. The van der Waals surface area contributed by atoms with Gasteiger partial charge in [0, 0.05) is 30.7 Å². The molecule has 0 atom stereocenters. The van der Waals surface area contributed by atoms with Crippen molar-refractivity contribution in [2.24, 2.45) is 0 Å². The molecular weight excluding hydrogens is 328 g/mol. The van der Waals surface area contributed by atoms with E-state index in [0.29, 0.717) is 12.2 Å². The number of fused-ring (bicyclic) bond motifs is 1. The van der Waals surface area contributed by atoms with Crippen LogP contribution in [0.3, 0.4) is 0 Å². The molecule has 6 nitrogen and oxygen atoms in total. The lowest BCUT2D eigenvalue weighted by Gasteiger charge is -2.23. The third-order valence-corrected chi connectivity index (χ3v) is 4.65. The van der Waals surface area contributed by atoms with E-state index < -0.39 is 0 Å². The first kappa shape index (κ1) is 16.3. The van der Waals surface area contributed by atoms with Crippen LogP contribution >= 0.6 is 0 Å². The summed E-state index contributed by atoms with van der Waals surface area (Å²) in [5.41, 5.74) is 3.23. The number of hydrogen-bond acceptors (Lipinski definition) is 4. The molecule has 1 aliphatic heterocycles. The summed E-state index contributed by atoms with van der Waals surface area (Å²) in [4.78, 5) is 19.4. The number of nitrogens with zero attached hydrogens (tertiary/aromatic N) is 4. The van der Waals surface area contributed by atoms with Gasteiger partial charge in [0.1, 0.15) is 11.4 Å². The molecule has 0 bridgehead atoms. The average Bonchev–Trinajstić information content (AvgIpc) is 3.14. The van der Waals surface area contributed by atoms with Gasteiger partial charge in [0.25, 0.3) is 5.91 Å². The van der Waals surface area contributed by atoms with Crippen LogP contribution in [0.5, 0.6) is 5.75 Å². The highest BCUT2D eigenvalue weighted by Gasteiger charge is 2.25.